The van der Waals surface area contributed by atoms with Gasteiger partial charge in [-0.15, -0.1) is 0 Å². The molecule has 3 nitrogen and oxygen atoms in total. The van der Waals surface area contributed by atoms with E-state index in [0.717, 1.165) is 0 Å². The Morgan fingerprint density at radius 2 is 2.20 bits per heavy atom. The molecular weight excluding hydrogens is 86.1 g/mol. The second kappa shape index (κ2) is 1.92. The summed E-state index contributed by atoms with van der Waals surface area (Å²) in [4.78, 5) is 0. The molecule has 5 heavy (non-hydrogen) atoms. The van der Waals surface area contributed by atoms with Crippen LogP contribution in [0.15, 0.2) is 0 Å². The van der Waals surface area contributed by atoms with Crippen LogP contribution < -0.4 is 17.0 Å². The topological polar surface area (TPSA) is 61.8 Å². The van der Waals surface area contributed by atoms with E-state index in [0.29, 0.717) is 0 Å². The van der Waals surface area contributed by atoms with E-state index in [9.17, 15) is 0 Å². The third-order valence-corrected chi connectivity index (χ3v) is 0.249. The van der Waals surface area contributed by atoms with E-state index in [1.54, 1.807) is 0 Å². The molecule has 0 heterocycles. The molecule has 0 aromatic rings. The van der Waals surface area contributed by atoms with Gasteiger partial charge in [0.15, 0.2) is 5.11 Å². The summed E-state index contributed by atoms with van der Waals surface area (Å²) in [6, 6.07) is 0. The molecule has 0 aliphatic heterocycles. The molecule has 0 spiro atoms. The first-order chi connectivity index (χ1) is 2.27. The van der Waals surface area contributed by atoms with Gasteiger partial charge < -0.3 is 0 Å². The second-order valence-corrected chi connectivity index (χ2v) is 0.882. The molecule has 0 rings (SSSR count). The highest BCUT2D eigenvalue weighted by atomic mass is 32.1. The minimum absolute atomic E-state index is 0.134. The Morgan fingerprint density at radius 1 is 2.00 bits per heavy atom. The highest BCUT2D eigenvalue weighted by Crippen LogP contribution is 1.44. The summed E-state index contributed by atoms with van der Waals surface area (Å²) in [5.41, 5.74) is 8.25. The van der Waals surface area contributed by atoms with Gasteiger partial charge in [0.05, 0.1) is 0 Å². The van der Waals surface area contributed by atoms with Crippen LogP contribution in [0.1, 0.15) is 0 Å². The average Bonchev–Trinajstić information content (AvgIpc) is 1.38. The zero-order valence-electron chi connectivity index (χ0n) is 2.49. The van der Waals surface area contributed by atoms with E-state index >= 15 is 0 Å². The van der Waals surface area contributed by atoms with Gasteiger partial charge in [0.25, 0.3) is 0 Å². The van der Waals surface area contributed by atoms with Gasteiger partial charge in [-0.1, -0.05) is 0 Å². The van der Waals surface area contributed by atoms with Crippen molar-refractivity contribution in [3.63, 3.8) is 0 Å². The first-order valence-corrected chi connectivity index (χ1v) is 1.40. The Bertz CT molecular complexity index is 42.2. The van der Waals surface area contributed by atoms with E-state index in [1.807, 2.05) is 5.43 Å². The normalized spacial score (nSPS) is 6.60. The maximum atomic E-state index is 6.32. The van der Waals surface area contributed by atoms with Crippen molar-refractivity contribution in [2.75, 3.05) is 0 Å². The van der Waals surface area contributed by atoms with Crippen LogP contribution in [0.2, 0.25) is 0 Å². The number of nitrogens with two attached hydrogens (primary N) is 1. The number of hydrogen-bond acceptors (Lipinski definition) is 2. The Kier molecular flexibility index (Phi) is 1.79. The molecule has 0 aromatic carbocycles. The van der Waals surface area contributed by atoms with Crippen LogP contribution in [0, 0.1) is 0 Å². The second-order valence-electron chi connectivity index (χ2n) is 0.473. The summed E-state index contributed by atoms with van der Waals surface area (Å²) < 4.78 is 0. The maximum absolute atomic E-state index is 6.32. The molecule has 4 heteroatoms. The lowest BCUT2D eigenvalue weighted by atomic mass is 11.2. The summed E-state index contributed by atoms with van der Waals surface area (Å²) in [5, 5.41) is -0.134. The molecule has 0 atom stereocenters. The van der Waals surface area contributed by atoms with Crippen LogP contribution in [-0.2, 0) is 0 Å². The monoisotopic (exact) mass is 90.0 g/mol. The van der Waals surface area contributed by atoms with Crippen molar-refractivity contribution in [2.24, 2.45) is 5.84 Å². The Morgan fingerprint density at radius 3 is 2.20 bits per heavy atom. The molecule has 0 saturated heterocycles. The summed E-state index contributed by atoms with van der Waals surface area (Å²) in [6.07, 6.45) is 0. The van der Waals surface area contributed by atoms with Gasteiger partial charge in [0.2, 0.25) is 0 Å². The molecule has 1 radical (unpaired) electrons. The van der Waals surface area contributed by atoms with E-state index in [4.69, 9.17) is 5.73 Å². The third kappa shape index (κ3) is 3.65. The number of hydrazine groups is 1. The summed E-state index contributed by atoms with van der Waals surface area (Å²) >= 11 is 4.13. The molecule has 0 saturated carbocycles. The van der Waals surface area contributed by atoms with Crippen LogP contribution in [0.4, 0.5) is 0 Å². The Balaban J connectivity index is 2.85. The fourth-order valence-electron chi connectivity index (χ4n) is 0. The molecule has 0 unspecified atom stereocenters. The van der Waals surface area contributed by atoms with Crippen molar-refractivity contribution in [1.82, 2.24) is 11.2 Å². The van der Waals surface area contributed by atoms with Crippen molar-refractivity contribution in [2.45, 2.75) is 0 Å². The van der Waals surface area contributed by atoms with Gasteiger partial charge >= 0.3 is 0 Å². The average molecular weight is 90.1 g/mol. The summed E-state index contributed by atoms with van der Waals surface area (Å²) in [5.74, 6) is 4.59. The van der Waals surface area contributed by atoms with Crippen LogP contribution in [-0.4, -0.2) is 5.11 Å². The number of hydrogen-bond donors (Lipinski definition) is 2. The predicted octanol–water partition coefficient (Wildman–Crippen LogP) is -0.983. The van der Waals surface area contributed by atoms with Crippen molar-refractivity contribution >= 4 is 17.3 Å². The lowest BCUT2D eigenvalue weighted by Crippen LogP contribution is -2.28. The molecule has 0 amide bonds. The van der Waals surface area contributed by atoms with E-state index in [2.05, 4.69) is 18.1 Å². The molecular formula is CH4N3S. The van der Waals surface area contributed by atoms with Gasteiger partial charge in [-0.2, -0.15) is 0 Å². The van der Waals surface area contributed by atoms with Crippen molar-refractivity contribution in [3.05, 3.63) is 0 Å². The molecule has 0 fully saturated rings. The van der Waals surface area contributed by atoms with Gasteiger partial charge in [-0.25, -0.2) is 5.84 Å². The molecule has 0 bridgehead atoms. The van der Waals surface area contributed by atoms with Crippen LogP contribution in [0.3, 0.4) is 0 Å². The minimum Gasteiger partial charge on any atom is -0.300 e. The molecule has 4 N–H and O–H groups in total. The van der Waals surface area contributed by atoms with Crippen molar-refractivity contribution in [3.8, 4) is 0 Å². The highest BCUT2D eigenvalue weighted by Gasteiger charge is 1.68. The number of thiocarbonyl (C=S) groups is 1. The van der Waals surface area contributed by atoms with Gasteiger partial charge in [0.1, 0.15) is 0 Å². The standard InChI is InChI=1S/CH4N3S/c2-1(5)4-3/h2H,3H2,(H,4,5). The van der Waals surface area contributed by atoms with Crippen LogP contribution in [0.25, 0.3) is 0 Å². The first-order valence-electron chi connectivity index (χ1n) is 0.993. The highest BCUT2D eigenvalue weighted by molar-refractivity contribution is 7.80. The first kappa shape index (κ1) is 4.65. The quantitative estimate of drug-likeness (QED) is 0.228. The zero-order chi connectivity index (χ0) is 4.28. The van der Waals surface area contributed by atoms with Gasteiger partial charge in [-0.05, 0) is 12.2 Å². The van der Waals surface area contributed by atoms with Crippen molar-refractivity contribution in [1.29, 1.82) is 0 Å². The maximum Gasteiger partial charge on any atom is 0.199 e. The van der Waals surface area contributed by atoms with E-state index in [-0.39, 0.29) is 5.11 Å². The molecule has 0 aromatic heterocycles. The van der Waals surface area contributed by atoms with Gasteiger partial charge in [-0.3, -0.25) is 11.2 Å². The molecule has 0 aliphatic rings. The summed E-state index contributed by atoms with van der Waals surface area (Å²) in [6.45, 7) is 0. The smallest absolute Gasteiger partial charge is 0.199 e. The Labute approximate surface area is 35.3 Å². The van der Waals surface area contributed by atoms with Crippen molar-refractivity contribution < 1.29 is 0 Å². The number of nitrogens with one attached hydrogen (secondary N) is 2. The van der Waals surface area contributed by atoms with Gasteiger partial charge in [0, 0.05) is 0 Å². The largest absolute Gasteiger partial charge is 0.300 e. The third-order valence-electron chi connectivity index (χ3n) is 0.131. The predicted molar refractivity (Wildman–Crippen MR) is 23.0 cm³/mol. The lowest BCUT2D eigenvalue weighted by Gasteiger charge is -1.83. The fraction of sp³-hybridized carbons (Fsp3) is 0. The zero-order valence-corrected chi connectivity index (χ0v) is 3.30. The summed E-state index contributed by atoms with van der Waals surface area (Å²) in [7, 11) is 0. The van der Waals surface area contributed by atoms with Crippen LogP contribution in [0.5, 0.6) is 0 Å². The molecule has 29 valence electrons. The molecule has 0 aliphatic carbocycles. The SMILES string of the molecule is [NH]C(=S)NN. The van der Waals surface area contributed by atoms with E-state index < -0.39 is 0 Å². The van der Waals surface area contributed by atoms with Crippen LogP contribution >= 0.6 is 12.2 Å². The minimum atomic E-state index is -0.134. The van der Waals surface area contributed by atoms with E-state index in [1.165, 1.54) is 0 Å². The fourth-order valence-corrected chi connectivity index (χ4v) is 0. The Hall–Kier alpha value is -0.350. The number of rotatable bonds is 0. The lowest BCUT2D eigenvalue weighted by molar-refractivity contribution is 1.03.